The summed E-state index contributed by atoms with van der Waals surface area (Å²) in [5.41, 5.74) is 6.24. The highest BCUT2D eigenvalue weighted by atomic mass is 35.5. The molecule has 1 heterocycles. The molecule has 1 aliphatic carbocycles. The SMILES string of the molecule is CC(C)CN(C1CC1)C(c1ccc(Cl)s1)C(C)N. The molecule has 2 rings (SSSR count). The maximum Gasteiger partial charge on any atom is 0.0931 e. The van der Waals surface area contributed by atoms with Crippen molar-refractivity contribution in [3.05, 3.63) is 21.3 Å². The zero-order chi connectivity index (χ0) is 13.3. The summed E-state index contributed by atoms with van der Waals surface area (Å²) in [5.74, 6) is 0.669. The van der Waals surface area contributed by atoms with Crippen LogP contribution in [0.15, 0.2) is 12.1 Å². The number of thiophene rings is 1. The van der Waals surface area contributed by atoms with Gasteiger partial charge in [-0.25, -0.2) is 0 Å². The second-order valence-corrected chi connectivity index (χ2v) is 7.51. The lowest BCUT2D eigenvalue weighted by atomic mass is 10.0. The Morgan fingerprint density at radius 2 is 2.06 bits per heavy atom. The van der Waals surface area contributed by atoms with Crippen molar-refractivity contribution in [2.45, 2.75) is 51.7 Å². The molecule has 1 aliphatic rings. The average molecular weight is 287 g/mol. The largest absolute Gasteiger partial charge is 0.326 e. The van der Waals surface area contributed by atoms with Crippen LogP contribution in [0.3, 0.4) is 0 Å². The summed E-state index contributed by atoms with van der Waals surface area (Å²) >= 11 is 7.74. The quantitative estimate of drug-likeness (QED) is 0.859. The lowest BCUT2D eigenvalue weighted by molar-refractivity contribution is 0.150. The molecule has 2 N–H and O–H groups in total. The Balaban J connectivity index is 2.21. The van der Waals surface area contributed by atoms with Crippen molar-refractivity contribution >= 4 is 22.9 Å². The minimum Gasteiger partial charge on any atom is -0.326 e. The molecule has 2 atom stereocenters. The topological polar surface area (TPSA) is 29.3 Å². The fourth-order valence-electron chi connectivity index (χ4n) is 2.53. The zero-order valence-corrected chi connectivity index (χ0v) is 13.0. The molecule has 2 unspecified atom stereocenters. The average Bonchev–Trinajstić information content (AvgIpc) is 3.01. The number of nitrogens with two attached hydrogens (primary N) is 1. The van der Waals surface area contributed by atoms with Crippen LogP contribution in [-0.4, -0.2) is 23.5 Å². The fraction of sp³-hybridized carbons (Fsp3) is 0.714. The van der Waals surface area contributed by atoms with E-state index in [0.29, 0.717) is 12.0 Å². The molecule has 4 heteroatoms. The molecule has 1 aromatic heterocycles. The van der Waals surface area contributed by atoms with E-state index in [4.69, 9.17) is 17.3 Å². The van der Waals surface area contributed by atoms with E-state index in [1.165, 1.54) is 17.7 Å². The van der Waals surface area contributed by atoms with Gasteiger partial charge < -0.3 is 5.73 Å². The highest BCUT2D eigenvalue weighted by molar-refractivity contribution is 7.16. The number of rotatable bonds is 6. The summed E-state index contributed by atoms with van der Waals surface area (Å²) in [6.45, 7) is 7.77. The van der Waals surface area contributed by atoms with E-state index in [2.05, 4.69) is 31.7 Å². The second kappa shape index (κ2) is 5.91. The Labute approximate surface area is 119 Å². The number of hydrogen-bond donors (Lipinski definition) is 1. The van der Waals surface area contributed by atoms with Crippen LogP contribution in [0.4, 0.5) is 0 Å². The van der Waals surface area contributed by atoms with E-state index in [9.17, 15) is 0 Å². The molecule has 1 saturated carbocycles. The van der Waals surface area contributed by atoms with Crippen molar-refractivity contribution in [2.75, 3.05) is 6.54 Å². The van der Waals surface area contributed by atoms with Crippen LogP contribution >= 0.6 is 22.9 Å². The third-order valence-electron chi connectivity index (χ3n) is 3.33. The van der Waals surface area contributed by atoms with Crippen LogP contribution < -0.4 is 5.73 Å². The summed E-state index contributed by atoms with van der Waals surface area (Å²) in [6, 6.07) is 5.30. The Morgan fingerprint density at radius 1 is 1.39 bits per heavy atom. The lowest BCUT2D eigenvalue weighted by Gasteiger charge is -2.35. The van der Waals surface area contributed by atoms with Crippen LogP contribution in [-0.2, 0) is 0 Å². The predicted molar refractivity (Wildman–Crippen MR) is 80.3 cm³/mol. The predicted octanol–water partition coefficient (Wildman–Crippen LogP) is 3.91. The summed E-state index contributed by atoms with van der Waals surface area (Å²) in [6.07, 6.45) is 2.63. The first-order valence-corrected chi connectivity index (χ1v) is 7.95. The molecule has 2 nitrogen and oxygen atoms in total. The Kier molecular flexibility index (Phi) is 4.70. The summed E-state index contributed by atoms with van der Waals surface area (Å²) < 4.78 is 0.857. The van der Waals surface area contributed by atoms with Crippen LogP contribution in [0.25, 0.3) is 0 Å². The van der Waals surface area contributed by atoms with Crippen molar-refractivity contribution in [1.82, 2.24) is 4.90 Å². The van der Waals surface area contributed by atoms with E-state index in [-0.39, 0.29) is 6.04 Å². The van der Waals surface area contributed by atoms with E-state index >= 15 is 0 Å². The van der Waals surface area contributed by atoms with Gasteiger partial charge in [0.05, 0.1) is 10.4 Å². The van der Waals surface area contributed by atoms with Crippen molar-refractivity contribution in [3.8, 4) is 0 Å². The normalized spacial score (nSPS) is 19.5. The summed E-state index contributed by atoms with van der Waals surface area (Å²) in [4.78, 5) is 3.90. The van der Waals surface area contributed by atoms with Gasteiger partial charge in [-0.3, -0.25) is 4.90 Å². The molecule has 0 radical (unpaired) electrons. The van der Waals surface area contributed by atoms with Gasteiger partial charge >= 0.3 is 0 Å². The first-order valence-electron chi connectivity index (χ1n) is 6.75. The third kappa shape index (κ3) is 3.47. The molecule has 0 aromatic carbocycles. The smallest absolute Gasteiger partial charge is 0.0931 e. The van der Waals surface area contributed by atoms with Gasteiger partial charge in [-0.2, -0.15) is 0 Å². The highest BCUT2D eigenvalue weighted by Crippen LogP contribution is 2.39. The van der Waals surface area contributed by atoms with Gasteiger partial charge in [0.15, 0.2) is 0 Å². The van der Waals surface area contributed by atoms with Crippen LogP contribution in [0, 0.1) is 5.92 Å². The number of nitrogens with zero attached hydrogens (tertiary/aromatic N) is 1. The minimum absolute atomic E-state index is 0.138. The molecule has 1 fully saturated rings. The minimum atomic E-state index is 0.138. The van der Waals surface area contributed by atoms with E-state index < -0.39 is 0 Å². The molecule has 102 valence electrons. The molecular weight excluding hydrogens is 264 g/mol. The number of halogens is 1. The highest BCUT2D eigenvalue weighted by Gasteiger charge is 2.36. The Bertz CT molecular complexity index is 385. The van der Waals surface area contributed by atoms with Gasteiger partial charge in [0.25, 0.3) is 0 Å². The van der Waals surface area contributed by atoms with E-state index in [1.54, 1.807) is 11.3 Å². The summed E-state index contributed by atoms with van der Waals surface area (Å²) in [7, 11) is 0. The molecule has 1 aromatic rings. The van der Waals surface area contributed by atoms with Crippen LogP contribution in [0.5, 0.6) is 0 Å². The number of hydrogen-bond acceptors (Lipinski definition) is 3. The Hall–Kier alpha value is -0.0900. The van der Waals surface area contributed by atoms with Crippen molar-refractivity contribution in [2.24, 2.45) is 11.7 Å². The zero-order valence-electron chi connectivity index (χ0n) is 11.4. The molecule has 0 spiro atoms. The Morgan fingerprint density at radius 3 is 2.44 bits per heavy atom. The standard InChI is InChI=1S/C14H23ClN2S/c1-9(2)8-17(11-4-5-11)14(10(3)16)12-6-7-13(15)18-12/h6-7,9-11,14H,4-5,8,16H2,1-3H3. The summed E-state index contributed by atoms with van der Waals surface area (Å²) in [5, 5.41) is 0. The molecule has 18 heavy (non-hydrogen) atoms. The van der Waals surface area contributed by atoms with Crippen molar-refractivity contribution in [3.63, 3.8) is 0 Å². The van der Waals surface area contributed by atoms with Crippen LogP contribution in [0.1, 0.15) is 44.5 Å². The van der Waals surface area contributed by atoms with Crippen molar-refractivity contribution < 1.29 is 0 Å². The van der Waals surface area contributed by atoms with Crippen LogP contribution in [0.2, 0.25) is 4.34 Å². The first kappa shape index (κ1) is 14.3. The van der Waals surface area contributed by atoms with Gasteiger partial charge in [-0.05, 0) is 37.8 Å². The van der Waals surface area contributed by atoms with E-state index in [0.717, 1.165) is 16.9 Å². The molecule has 0 amide bonds. The molecular formula is C14H23ClN2S. The third-order valence-corrected chi connectivity index (χ3v) is 4.63. The maximum absolute atomic E-state index is 6.24. The fourth-order valence-corrected chi connectivity index (χ4v) is 3.83. The van der Waals surface area contributed by atoms with Gasteiger partial charge in [0.2, 0.25) is 0 Å². The van der Waals surface area contributed by atoms with Crippen molar-refractivity contribution in [1.29, 1.82) is 0 Å². The van der Waals surface area contributed by atoms with Gasteiger partial charge in [-0.15, -0.1) is 11.3 Å². The molecule has 0 bridgehead atoms. The lowest BCUT2D eigenvalue weighted by Crippen LogP contribution is -2.42. The van der Waals surface area contributed by atoms with Gasteiger partial charge in [-0.1, -0.05) is 25.4 Å². The van der Waals surface area contributed by atoms with E-state index in [1.807, 2.05) is 6.07 Å². The van der Waals surface area contributed by atoms with Gasteiger partial charge in [0, 0.05) is 23.5 Å². The van der Waals surface area contributed by atoms with Gasteiger partial charge in [0.1, 0.15) is 0 Å². The first-order chi connectivity index (χ1) is 8.49. The molecule has 0 aliphatic heterocycles. The second-order valence-electron chi connectivity index (χ2n) is 5.77. The molecule has 0 saturated heterocycles. The maximum atomic E-state index is 6.24. The monoisotopic (exact) mass is 286 g/mol.